The Kier molecular flexibility index (Phi) is 2.80. The Morgan fingerprint density at radius 1 is 1.28 bits per heavy atom. The summed E-state index contributed by atoms with van der Waals surface area (Å²) in [6, 6.07) is 0.679. The third kappa shape index (κ3) is 1.81. The monoisotopic (exact) mass is 246 g/mol. The van der Waals surface area contributed by atoms with Crippen LogP contribution in [0.2, 0.25) is 0 Å². The molecule has 0 bridgehead atoms. The van der Waals surface area contributed by atoms with E-state index in [1.54, 1.807) is 0 Å². The van der Waals surface area contributed by atoms with Crippen LogP contribution in [0.4, 0.5) is 0 Å². The predicted molar refractivity (Wildman–Crippen MR) is 74.6 cm³/mol. The zero-order valence-electron chi connectivity index (χ0n) is 12.2. The van der Waals surface area contributed by atoms with Crippen molar-refractivity contribution >= 4 is 0 Å². The Hall–Kier alpha value is -0.790. The van der Waals surface area contributed by atoms with Crippen molar-refractivity contribution in [2.45, 2.75) is 65.3 Å². The number of aromatic nitrogens is 2. The summed E-state index contributed by atoms with van der Waals surface area (Å²) in [7, 11) is 0. The molecule has 0 N–H and O–H groups in total. The average molecular weight is 246 g/mol. The van der Waals surface area contributed by atoms with Crippen LogP contribution >= 0.6 is 0 Å². The van der Waals surface area contributed by atoms with Gasteiger partial charge in [-0.25, -0.2) is 0 Å². The molecule has 2 saturated carbocycles. The van der Waals surface area contributed by atoms with Crippen molar-refractivity contribution in [1.82, 2.24) is 9.78 Å². The summed E-state index contributed by atoms with van der Waals surface area (Å²) in [4.78, 5) is 0. The SMILES string of the molecule is CC(C)[C@@H]1[C@@H](c2cnn(C3CCCC3)c2)C1(C)C. The Morgan fingerprint density at radius 3 is 2.50 bits per heavy atom. The minimum atomic E-state index is 0.470. The van der Waals surface area contributed by atoms with Gasteiger partial charge in [0.05, 0.1) is 12.2 Å². The number of nitrogens with zero attached hydrogens (tertiary/aromatic N) is 2. The van der Waals surface area contributed by atoms with Crippen molar-refractivity contribution in [2.24, 2.45) is 17.3 Å². The first-order valence-corrected chi connectivity index (χ1v) is 7.56. The van der Waals surface area contributed by atoms with Crippen LogP contribution in [-0.4, -0.2) is 9.78 Å². The van der Waals surface area contributed by atoms with Crippen LogP contribution in [0.15, 0.2) is 12.4 Å². The van der Waals surface area contributed by atoms with Crippen LogP contribution in [0, 0.1) is 17.3 Å². The van der Waals surface area contributed by atoms with Crippen molar-refractivity contribution in [2.75, 3.05) is 0 Å². The van der Waals surface area contributed by atoms with Crippen molar-refractivity contribution in [3.8, 4) is 0 Å². The molecule has 2 fully saturated rings. The fraction of sp³-hybridized carbons (Fsp3) is 0.812. The average Bonchev–Trinajstić information content (AvgIpc) is 2.80. The topological polar surface area (TPSA) is 17.8 Å². The Morgan fingerprint density at radius 2 is 1.94 bits per heavy atom. The smallest absolute Gasteiger partial charge is 0.0525 e. The molecular formula is C16H26N2. The number of rotatable bonds is 3. The summed E-state index contributed by atoms with van der Waals surface area (Å²) in [5.74, 6) is 2.34. The molecule has 0 unspecified atom stereocenters. The molecule has 2 heteroatoms. The van der Waals surface area contributed by atoms with E-state index in [1.807, 2.05) is 0 Å². The van der Waals surface area contributed by atoms with Crippen LogP contribution < -0.4 is 0 Å². The second-order valence-corrected chi connectivity index (χ2v) is 7.26. The van der Waals surface area contributed by atoms with Gasteiger partial charge in [-0.1, -0.05) is 40.5 Å². The predicted octanol–water partition coefficient (Wildman–Crippen LogP) is 4.39. The minimum Gasteiger partial charge on any atom is -0.269 e. The van der Waals surface area contributed by atoms with Gasteiger partial charge in [-0.15, -0.1) is 0 Å². The van der Waals surface area contributed by atoms with Crippen molar-refractivity contribution in [1.29, 1.82) is 0 Å². The Labute approximate surface area is 111 Å². The summed E-state index contributed by atoms with van der Waals surface area (Å²) in [6.45, 7) is 9.53. The van der Waals surface area contributed by atoms with Gasteiger partial charge in [-0.05, 0) is 41.6 Å². The van der Waals surface area contributed by atoms with Gasteiger partial charge < -0.3 is 0 Å². The van der Waals surface area contributed by atoms with Gasteiger partial charge in [0.2, 0.25) is 0 Å². The summed E-state index contributed by atoms with van der Waals surface area (Å²) in [6.07, 6.45) is 9.87. The second-order valence-electron chi connectivity index (χ2n) is 7.26. The van der Waals surface area contributed by atoms with Crippen LogP contribution in [0.25, 0.3) is 0 Å². The lowest BCUT2D eigenvalue weighted by molar-refractivity contribution is 0.451. The zero-order valence-corrected chi connectivity index (χ0v) is 12.2. The van der Waals surface area contributed by atoms with Crippen LogP contribution in [0.3, 0.4) is 0 Å². The van der Waals surface area contributed by atoms with E-state index in [1.165, 1.54) is 31.2 Å². The molecule has 0 aliphatic heterocycles. The summed E-state index contributed by atoms with van der Waals surface area (Å²) >= 11 is 0. The lowest BCUT2D eigenvalue weighted by Gasteiger charge is -2.08. The molecule has 1 aromatic rings. The summed E-state index contributed by atoms with van der Waals surface area (Å²) in [5, 5.41) is 4.64. The lowest BCUT2D eigenvalue weighted by Crippen LogP contribution is -2.04. The molecule has 100 valence electrons. The quantitative estimate of drug-likeness (QED) is 0.773. The van der Waals surface area contributed by atoms with Gasteiger partial charge in [0.25, 0.3) is 0 Å². The molecule has 18 heavy (non-hydrogen) atoms. The first kappa shape index (κ1) is 12.3. The van der Waals surface area contributed by atoms with E-state index < -0.39 is 0 Å². The molecule has 0 spiro atoms. The highest BCUT2D eigenvalue weighted by Gasteiger charge is 2.59. The van der Waals surface area contributed by atoms with E-state index in [9.17, 15) is 0 Å². The zero-order chi connectivity index (χ0) is 12.9. The molecule has 2 aliphatic carbocycles. The van der Waals surface area contributed by atoms with E-state index in [2.05, 4.69) is 49.9 Å². The molecule has 0 amide bonds. The maximum Gasteiger partial charge on any atom is 0.0525 e. The van der Waals surface area contributed by atoms with Crippen LogP contribution in [0.1, 0.15) is 70.9 Å². The molecule has 0 saturated heterocycles. The number of hydrogen-bond acceptors (Lipinski definition) is 1. The van der Waals surface area contributed by atoms with Gasteiger partial charge in [0, 0.05) is 6.20 Å². The molecule has 1 heterocycles. The number of hydrogen-bond donors (Lipinski definition) is 0. The van der Waals surface area contributed by atoms with Crippen molar-refractivity contribution in [3.63, 3.8) is 0 Å². The largest absolute Gasteiger partial charge is 0.269 e. The first-order chi connectivity index (χ1) is 8.51. The fourth-order valence-corrected chi connectivity index (χ4v) is 4.44. The molecule has 2 atom stereocenters. The van der Waals surface area contributed by atoms with E-state index in [4.69, 9.17) is 0 Å². The molecule has 2 nitrogen and oxygen atoms in total. The molecule has 0 aromatic carbocycles. The summed E-state index contributed by atoms with van der Waals surface area (Å²) < 4.78 is 2.24. The highest BCUT2D eigenvalue weighted by atomic mass is 15.3. The molecule has 1 aromatic heterocycles. The highest BCUT2D eigenvalue weighted by molar-refractivity contribution is 5.28. The lowest BCUT2D eigenvalue weighted by atomic mass is 10.0. The minimum absolute atomic E-state index is 0.470. The van der Waals surface area contributed by atoms with Gasteiger partial charge in [-0.2, -0.15) is 5.10 Å². The van der Waals surface area contributed by atoms with Gasteiger partial charge in [-0.3, -0.25) is 4.68 Å². The first-order valence-electron chi connectivity index (χ1n) is 7.56. The fourth-order valence-electron chi connectivity index (χ4n) is 4.44. The Bertz CT molecular complexity index is 424. The third-order valence-electron chi connectivity index (χ3n) is 5.31. The highest BCUT2D eigenvalue weighted by Crippen LogP contribution is 2.67. The van der Waals surface area contributed by atoms with Gasteiger partial charge in [0.15, 0.2) is 0 Å². The van der Waals surface area contributed by atoms with Crippen molar-refractivity contribution in [3.05, 3.63) is 18.0 Å². The van der Waals surface area contributed by atoms with Crippen LogP contribution in [-0.2, 0) is 0 Å². The molecular weight excluding hydrogens is 220 g/mol. The molecule has 3 rings (SSSR count). The van der Waals surface area contributed by atoms with Crippen LogP contribution in [0.5, 0.6) is 0 Å². The molecule has 2 aliphatic rings. The van der Waals surface area contributed by atoms with Crippen molar-refractivity contribution < 1.29 is 0 Å². The maximum atomic E-state index is 4.64. The third-order valence-corrected chi connectivity index (χ3v) is 5.31. The van der Waals surface area contributed by atoms with Gasteiger partial charge >= 0.3 is 0 Å². The summed E-state index contributed by atoms with van der Waals surface area (Å²) in [5.41, 5.74) is 1.95. The van der Waals surface area contributed by atoms with Gasteiger partial charge in [0.1, 0.15) is 0 Å². The van der Waals surface area contributed by atoms with E-state index >= 15 is 0 Å². The molecule has 0 radical (unpaired) electrons. The van der Waals surface area contributed by atoms with E-state index in [0.29, 0.717) is 11.5 Å². The van der Waals surface area contributed by atoms with E-state index in [-0.39, 0.29) is 0 Å². The normalized spacial score (nSPS) is 31.2. The maximum absolute atomic E-state index is 4.64. The standard InChI is InChI=1S/C16H26N2/c1-11(2)14-15(16(14,3)4)12-9-17-18(10-12)13-7-5-6-8-13/h9-11,13-15H,5-8H2,1-4H3/t14-,15-/m1/s1. The van der Waals surface area contributed by atoms with E-state index in [0.717, 1.165) is 17.8 Å². The Balaban J connectivity index is 1.78. The second kappa shape index (κ2) is 4.11.